The van der Waals surface area contributed by atoms with Crippen LogP contribution in [0.1, 0.15) is 57.3 Å². The van der Waals surface area contributed by atoms with E-state index in [1.165, 1.54) is 6.92 Å². The predicted octanol–water partition coefficient (Wildman–Crippen LogP) is 4.15. The number of carbonyl (C=O) groups excluding carboxylic acids is 2. The van der Waals surface area contributed by atoms with E-state index in [0.29, 0.717) is 17.9 Å². The van der Waals surface area contributed by atoms with E-state index in [2.05, 4.69) is 20.4 Å². The highest BCUT2D eigenvalue weighted by molar-refractivity contribution is 5.89. The Bertz CT molecular complexity index is 771. The lowest BCUT2D eigenvalue weighted by atomic mass is 9.52. The van der Waals surface area contributed by atoms with Crippen LogP contribution >= 0.6 is 0 Å². The molecule has 29 heavy (non-hydrogen) atoms. The van der Waals surface area contributed by atoms with E-state index >= 15 is 0 Å². The lowest BCUT2D eigenvalue weighted by molar-refractivity contribution is -0.182. The summed E-state index contributed by atoms with van der Waals surface area (Å²) in [6.07, 6.45) is 0.162. The van der Waals surface area contributed by atoms with Crippen molar-refractivity contribution in [1.29, 1.82) is 0 Å². The van der Waals surface area contributed by atoms with Crippen LogP contribution in [0, 0.1) is 23.2 Å². The summed E-state index contributed by atoms with van der Waals surface area (Å²) in [7, 11) is 0. The monoisotopic (exact) mass is 400 g/mol. The van der Waals surface area contributed by atoms with Gasteiger partial charge in [0, 0.05) is 24.7 Å². The van der Waals surface area contributed by atoms with E-state index in [1.807, 2.05) is 25.1 Å². The zero-order chi connectivity index (χ0) is 21.3. The van der Waals surface area contributed by atoms with Gasteiger partial charge in [-0.25, -0.2) is 4.79 Å². The van der Waals surface area contributed by atoms with Gasteiger partial charge in [-0.3, -0.25) is 4.79 Å². The molecule has 0 unspecified atom stereocenters. The Balaban J connectivity index is 1.93. The molecule has 0 saturated heterocycles. The third-order valence-corrected chi connectivity index (χ3v) is 6.83. The van der Waals surface area contributed by atoms with Crippen molar-refractivity contribution in [2.75, 3.05) is 0 Å². The standard InChI is InChI=1S/C24H32O5/c1-14(2)18-11-12-24(5)20(15(3)13-19(22(24)26)28-16(4)25)21(18)29-23(27)17-9-7-6-8-10-17/h6-10,14,18-22,26H,3,11-13H2,1-2,4-5H3/t18-,19-,20+,21-,22+,24+/m1/s1. The summed E-state index contributed by atoms with van der Waals surface area (Å²) in [5, 5.41) is 11.1. The normalized spacial score (nSPS) is 34.4. The van der Waals surface area contributed by atoms with E-state index in [1.54, 1.807) is 12.1 Å². The van der Waals surface area contributed by atoms with E-state index in [0.717, 1.165) is 18.4 Å². The molecule has 0 spiro atoms. The first-order valence-corrected chi connectivity index (χ1v) is 10.4. The second-order valence-electron chi connectivity index (χ2n) is 9.12. The minimum atomic E-state index is -0.826. The summed E-state index contributed by atoms with van der Waals surface area (Å²) >= 11 is 0. The average Bonchev–Trinajstić information content (AvgIpc) is 2.66. The van der Waals surface area contributed by atoms with Crippen molar-refractivity contribution < 1.29 is 24.2 Å². The van der Waals surface area contributed by atoms with Gasteiger partial charge in [-0.2, -0.15) is 0 Å². The Kier molecular flexibility index (Phi) is 6.18. The molecule has 1 aromatic carbocycles. The molecule has 0 aliphatic heterocycles. The molecule has 5 heteroatoms. The minimum Gasteiger partial charge on any atom is -0.459 e. The number of carbonyl (C=O) groups is 2. The van der Waals surface area contributed by atoms with Crippen molar-refractivity contribution in [2.45, 2.75) is 65.3 Å². The molecule has 3 rings (SSSR count). The van der Waals surface area contributed by atoms with Gasteiger partial charge in [0.15, 0.2) is 0 Å². The molecule has 6 atom stereocenters. The Labute approximate surface area is 173 Å². The quantitative estimate of drug-likeness (QED) is 0.607. The van der Waals surface area contributed by atoms with Crippen molar-refractivity contribution in [3.63, 3.8) is 0 Å². The fourth-order valence-electron chi connectivity index (χ4n) is 5.33. The fraction of sp³-hybridized carbons (Fsp3) is 0.583. The molecule has 2 aliphatic carbocycles. The molecular weight excluding hydrogens is 368 g/mol. The van der Waals surface area contributed by atoms with Crippen LogP contribution in [0.4, 0.5) is 0 Å². The molecule has 2 saturated carbocycles. The van der Waals surface area contributed by atoms with E-state index in [4.69, 9.17) is 9.47 Å². The van der Waals surface area contributed by atoms with Crippen LogP contribution in [-0.2, 0) is 14.3 Å². The molecule has 2 fully saturated rings. The molecule has 0 heterocycles. The van der Waals surface area contributed by atoms with Crippen molar-refractivity contribution in [1.82, 2.24) is 0 Å². The van der Waals surface area contributed by atoms with Gasteiger partial charge >= 0.3 is 11.9 Å². The number of esters is 2. The molecule has 5 nitrogen and oxygen atoms in total. The van der Waals surface area contributed by atoms with Gasteiger partial charge in [-0.1, -0.05) is 51.1 Å². The van der Waals surface area contributed by atoms with Gasteiger partial charge in [0.1, 0.15) is 12.2 Å². The van der Waals surface area contributed by atoms with E-state index in [9.17, 15) is 14.7 Å². The van der Waals surface area contributed by atoms with Crippen LogP contribution in [0.3, 0.4) is 0 Å². The molecular formula is C24H32O5. The molecule has 1 N–H and O–H groups in total. The smallest absolute Gasteiger partial charge is 0.338 e. The predicted molar refractivity (Wildman–Crippen MR) is 110 cm³/mol. The lowest BCUT2D eigenvalue weighted by Gasteiger charge is -2.56. The fourth-order valence-corrected chi connectivity index (χ4v) is 5.33. The number of rotatable bonds is 4. The second kappa shape index (κ2) is 8.31. The maximum Gasteiger partial charge on any atom is 0.338 e. The molecule has 0 aromatic heterocycles. The van der Waals surface area contributed by atoms with Crippen LogP contribution in [0.25, 0.3) is 0 Å². The summed E-state index contributed by atoms with van der Waals surface area (Å²) in [5.74, 6) is -0.445. The van der Waals surface area contributed by atoms with Gasteiger partial charge in [0.05, 0.1) is 11.7 Å². The number of hydrogen-bond donors (Lipinski definition) is 1. The number of ether oxygens (including phenoxy) is 2. The van der Waals surface area contributed by atoms with Crippen LogP contribution < -0.4 is 0 Å². The SMILES string of the molecule is C=C1C[C@@H](OC(C)=O)[C@H](O)[C@@]2(C)CC[C@H](C(C)C)[C@@H](OC(=O)c3ccccc3)[C@H]12. The Morgan fingerprint density at radius 2 is 1.86 bits per heavy atom. The van der Waals surface area contributed by atoms with Gasteiger partial charge in [0.2, 0.25) is 0 Å². The third-order valence-electron chi connectivity index (χ3n) is 6.83. The average molecular weight is 401 g/mol. The highest BCUT2D eigenvalue weighted by Gasteiger charge is 2.58. The highest BCUT2D eigenvalue weighted by atomic mass is 16.6. The third kappa shape index (κ3) is 4.11. The Morgan fingerprint density at radius 1 is 1.21 bits per heavy atom. The van der Waals surface area contributed by atoms with Crippen LogP contribution in [0.15, 0.2) is 42.5 Å². The molecule has 0 amide bonds. The van der Waals surface area contributed by atoms with Gasteiger partial charge < -0.3 is 14.6 Å². The number of aliphatic hydroxyl groups excluding tert-OH is 1. The molecule has 0 bridgehead atoms. The summed E-state index contributed by atoms with van der Waals surface area (Å²) < 4.78 is 11.5. The summed E-state index contributed by atoms with van der Waals surface area (Å²) in [5.41, 5.74) is 0.824. The number of benzene rings is 1. The van der Waals surface area contributed by atoms with E-state index in [-0.39, 0.29) is 23.9 Å². The maximum atomic E-state index is 12.9. The number of hydrogen-bond acceptors (Lipinski definition) is 5. The van der Waals surface area contributed by atoms with Crippen molar-refractivity contribution in [2.24, 2.45) is 23.2 Å². The summed E-state index contributed by atoms with van der Waals surface area (Å²) in [6.45, 7) is 11.9. The number of aliphatic hydroxyl groups is 1. The molecule has 1 aromatic rings. The molecule has 0 radical (unpaired) electrons. The van der Waals surface area contributed by atoms with Crippen LogP contribution in [-0.4, -0.2) is 35.4 Å². The topological polar surface area (TPSA) is 72.8 Å². The Hall–Kier alpha value is -2.14. The van der Waals surface area contributed by atoms with Crippen molar-refractivity contribution in [3.05, 3.63) is 48.0 Å². The molecule has 2 aliphatic rings. The van der Waals surface area contributed by atoms with Crippen molar-refractivity contribution >= 4 is 11.9 Å². The first-order valence-electron chi connectivity index (χ1n) is 10.4. The van der Waals surface area contributed by atoms with E-state index < -0.39 is 23.6 Å². The zero-order valence-electron chi connectivity index (χ0n) is 17.8. The first-order chi connectivity index (χ1) is 13.6. The Morgan fingerprint density at radius 3 is 2.45 bits per heavy atom. The minimum absolute atomic E-state index is 0.176. The first kappa shape index (κ1) is 21.6. The van der Waals surface area contributed by atoms with Gasteiger partial charge in [-0.05, 0) is 36.8 Å². The van der Waals surface area contributed by atoms with Gasteiger partial charge in [-0.15, -0.1) is 0 Å². The largest absolute Gasteiger partial charge is 0.459 e. The highest BCUT2D eigenvalue weighted by Crippen LogP contribution is 2.56. The molecule has 158 valence electrons. The summed E-state index contributed by atoms with van der Waals surface area (Å²) in [4.78, 5) is 24.4. The summed E-state index contributed by atoms with van der Waals surface area (Å²) in [6, 6.07) is 8.98. The number of fused-ring (bicyclic) bond motifs is 1. The van der Waals surface area contributed by atoms with Crippen molar-refractivity contribution in [3.8, 4) is 0 Å². The van der Waals surface area contributed by atoms with Gasteiger partial charge in [0.25, 0.3) is 0 Å². The lowest BCUT2D eigenvalue weighted by Crippen LogP contribution is -2.60. The second-order valence-corrected chi connectivity index (χ2v) is 9.12. The maximum absolute atomic E-state index is 12.9. The van der Waals surface area contributed by atoms with Crippen LogP contribution in [0.5, 0.6) is 0 Å². The zero-order valence-corrected chi connectivity index (χ0v) is 17.8. The van der Waals surface area contributed by atoms with Crippen LogP contribution in [0.2, 0.25) is 0 Å².